The number of aryl methyl sites for hydroxylation is 1. The van der Waals surface area contributed by atoms with Gasteiger partial charge in [-0.25, -0.2) is 9.37 Å². The summed E-state index contributed by atoms with van der Waals surface area (Å²) in [6, 6.07) is 16.8. The van der Waals surface area contributed by atoms with Crippen LogP contribution in [0.3, 0.4) is 0 Å². The zero-order valence-electron chi connectivity index (χ0n) is 18.3. The third kappa shape index (κ3) is 5.57. The van der Waals surface area contributed by atoms with Gasteiger partial charge in [0.1, 0.15) is 11.6 Å². The molecule has 1 amide bonds. The summed E-state index contributed by atoms with van der Waals surface area (Å²) in [5.74, 6) is -1.81. The molecule has 0 radical (unpaired) electrons. The van der Waals surface area contributed by atoms with E-state index in [1.807, 2.05) is 25.1 Å². The number of phenolic OH excluding ortho intramolecular Hbond substituents is 1. The van der Waals surface area contributed by atoms with Crippen molar-refractivity contribution in [3.8, 4) is 16.9 Å². The fraction of sp³-hybridized carbons (Fsp3) is 0.0769. The molecule has 0 aliphatic carbocycles. The summed E-state index contributed by atoms with van der Waals surface area (Å²) in [7, 11) is 0. The molecular formula is C26H19F4N3O2. The number of rotatable bonds is 5. The summed E-state index contributed by atoms with van der Waals surface area (Å²) in [4.78, 5) is 17.3. The molecule has 3 aromatic carbocycles. The molecule has 4 rings (SSSR count). The number of pyridine rings is 1. The van der Waals surface area contributed by atoms with Gasteiger partial charge in [0, 0.05) is 23.0 Å². The number of benzene rings is 3. The molecule has 5 nitrogen and oxygen atoms in total. The molecule has 0 aliphatic rings. The molecule has 9 heteroatoms. The van der Waals surface area contributed by atoms with Gasteiger partial charge in [0.15, 0.2) is 5.82 Å². The van der Waals surface area contributed by atoms with Gasteiger partial charge in [-0.3, -0.25) is 4.79 Å². The van der Waals surface area contributed by atoms with Crippen LogP contribution in [0.25, 0.3) is 11.1 Å². The van der Waals surface area contributed by atoms with E-state index in [2.05, 4.69) is 15.6 Å². The molecular weight excluding hydrogens is 462 g/mol. The number of aromatic hydroxyl groups is 1. The third-order valence-electron chi connectivity index (χ3n) is 5.22. The highest BCUT2D eigenvalue weighted by Gasteiger charge is 2.32. The van der Waals surface area contributed by atoms with Crippen LogP contribution in [0.4, 0.5) is 34.8 Å². The second-order valence-corrected chi connectivity index (χ2v) is 7.79. The lowest BCUT2D eigenvalue weighted by molar-refractivity contribution is -0.137. The van der Waals surface area contributed by atoms with E-state index in [0.29, 0.717) is 28.9 Å². The summed E-state index contributed by atoms with van der Waals surface area (Å²) >= 11 is 0. The molecule has 1 heterocycles. The minimum atomic E-state index is -4.81. The van der Waals surface area contributed by atoms with E-state index in [4.69, 9.17) is 0 Å². The Morgan fingerprint density at radius 1 is 0.914 bits per heavy atom. The number of anilines is 3. The number of carbonyl (C=O) groups is 1. The summed E-state index contributed by atoms with van der Waals surface area (Å²) in [5, 5.41) is 15.2. The van der Waals surface area contributed by atoms with Crippen LogP contribution < -0.4 is 10.6 Å². The number of phenols is 1. The highest BCUT2D eigenvalue weighted by atomic mass is 19.4. The van der Waals surface area contributed by atoms with E-state index in [1.165, 1.54) is 12.1 Å². The average Bonchev–Trinajstić information content (AvgIpc) is 2.81. The Labute approximate surface area is 198 Å². The highest BCUT2D eigenvalue weighted by molar-refractivity contribution is 6.06. The van der Waals surface area contributed by atoms with Gasteiger partial charge < -0.3 is 15.7 Å². The number of halogens is 4. The largest absolute Gasteiger partial charge is 0.508 e. The van der Waals surface area contributed by atoms with Gasteiger partial charge in [-0.05, 0) is 60.5 Å². The standard InChI is InChI=1S/C26H19F4N3O2/c1-15-4-2-3-5-22(15)32-24-23(12-18(14-31-24)16-6-8-21(34)9-7-16)33-25(35)17-10-19(26(28,29)30)13-20(27)11-17/h2-14,34H,1H3,(H,31,32)(H,33,35). The van der Waals surface area contributed by atoms with Crippen LogP contribution >= 0.6 is 0 Å². The molecule has 0 atom stereocenters. The van der Waals surface area contributed by atoms with Crippen molar-refractivity contribution in [2.45, 2.75) is 13.1 Å². The lowest BCUT2D eigenvalue weighted by Crippen LogP contribution is -2.16. The van der Waals surface area contributed by atoms with Gasteiger partial charge in [-0.15, -0.1) is 0 Å². The molecule has 178 valence electrons. The predicted octanol–water partition coefficient (Wildman–Crippen LogP) is 6.92. The monoisotopic (exact) mass is 481 g/mol. The fourth-order valence-corrected chi connectivity index (χ4v) is 3.39. The number of amides is 1. The number of hydrogen-bond donors (Lipinski definition) is 3. The normalized spacial score (nSPS) is 11.2. The Kier molecular flexibility index (Phi) is 6.42. The minimum Gasteiger partial charge on any atom is -0.508 e. The lowest BCUT2D eigenvalue weighted by Gasteiger charge is -2.16. The zero-order valence-corrected chi connectivity index (χ0v) is 18.3. The predicted molar refractivity (Wildman–Crippen MR) is 125 cm³/mol. The topological polar surface area (TPSA) is 74.2 Å². The number of carbonyl (C=O) groups excluding carboxylic acids is 1. The van der Waals surface area contributed by atoms with Crippen LogP contribution in [0, 0.1) is 12.7 Å². The van der Waals surface area contributed by atoms with Crippen LogP contribution in [-0.4, -0.2) is 16.0 Å². The van der Waals surface area contributed by atoms with E-state index < -0.39 is 29.0 Å². The highest BCUT2D eigenvalue weighted by Crippen LogP contribution is 2.33. The molecule has 4 aromatic rings. The molecule has 0 unspecified atom stereocenters. The average molecular weight is 481 g/mol. The van der Waals surface area contributed by atoms with Crippen molar-refractivity contribution in [3.63, 3.8) is 0 Å². The molecule has 3 N–H and O–H groups in total. The van der Waals surface area contributed by atoms with Crippen LogP contribution in [0.1, 0.15) is 21.5 Å². The van der Waals surface area contributed by atoms with E-state index in [1.54, 1.807) is 30.5 Å². The summed E-state index contributed by atoms with van der Waals surface area (Å²) in [5.41, 5.74) is 1.27. The van der Waals surface area contributed by atoms with E-state index in [-0.39, 0.29) is 17.3 Å². The van der Waals surface area contributed by atoms with Crippen LogP contribution in [-0.2, 0) is 6.18 Å². The van der Waals surface area contributed by atoms with Crippen LogP contribution in [0.2, 0.25) is 0 Å². The van der Waals surface area contributed by atoms with E-state index >= 15 is 0 Å². The van der Waals surface area contributed by atoms with E-state index in [0.717, 1.165) is 11.6 Å². The second kappa shape index (κ2) is 9.46. The number of alkyl halides is 3. The first kappa shape index (κ1) is 23.7. The van der Waals surface area contributed by atoms with Gasteiger partial charge in [-0.2, -0.15) is 13.2 Å². The van der Waals surface area contributed by atoms with Gasteiger partial charge in [0.2, 0.25) is 0 Å². The van der Waals surface area contributed by atoms with Gasteiger partial charge in [0.25, 0.3) is 5.91 Å². The first-order valence-corrected chi connectivity index (χ1v) is 10.4. The summed E-state index contributed by atoms with van der Waals surface area (Å²) < 4.78 is 53.2. The number of aromatic nitrogens is 1. The second-order valence-electron chi connectivity index (χ2n) is 7.79. The van der Waals surface area contributed by atoms with Crippen LogP contribution in [0.5, 0.6) is 5.75 Å². The molecule has 0 saturated heterocycles. The molecule has 0 bridgehead atoms. The van der Waals surface area contributed by atoms with E-state index in [9.17, 15) is 27.5 Å². The maximum Gasteiger partial charge on any atom is 0.416 e. The minimum absolute atomic E-state index is 0.0691. The molecule has 1 aromatic heterocycles. The van der Waals surface area contributed by atoms with Crippen molar-refractivity contribution in [2.24, 2.45) is 0 Å². The molecule has 0 spiro atoms. The first-order chi connectivity index (χ1) is 16.6. The van der Waals surface area contributed by atoms with Crippen molar-refractivity contribution in [3.05, 3.63) is 102 Å². The number of hydrogen-bond acceptors (Lipinski definition) is 4. The number of nitrogens with one attached hydrogen (secondary N) is 2. The van der Waals surface area contributed by atoms with Crippen molar-refractivity contribution in [1.82, 2.24) is 4.98 Å². The van der Waals surface area contributed by atoms with Crippen molar-refractivity contribution in [1.29, 1.82) is 0 Å². The fourth-order valence-electron chi connectivity index (χ4n) is 3.39. The maximum absolute atomic E-state index is 13.9. The number of nitrogens with zero attached hydrogens (tertiary/aromatic N) is 1. The van der Waals surface area contributed by atoms with Gasteiger partial charge >= 0.3 is 6.18 Å². The van der Waals surface area contributed by atoms with Gasteiger partial charge in [-0.1, -0.05) is 30.3 Å². The summed E-state index contributed by atoms with van der Waals surface area (Å²) in [6.45, 7) is 1.87. The Morgan fingerprint density at radius 3 is 2.31 bits per heavy atom. The molecule has 0 aliphatic heterocycles. The quantitative estimate of drug-likeness (QED) is 0.271. The summed E-state index contributed by atoms with van der Waals surface area (Å²) in [6.07, 6.45) is -3.26. The first-order valence-electron chi connectivity index (χ1n) is 10.4. The van der Waals surface area contributed by atoms with Crippen molar-refractivity contribution >= 4 is 23.1 Å². The Morgan fingerprint density at radius 2 is 1.63 bits per heavy atom. The Bertz CT molecular complexity index is 1390. The van der Waals surface area contributed by atoms with Gasteiger partial charge in [0.05, 0.1) is 11.3 Å². The SMILES string of the molecule is Cc1ccccc1Nc1ncc(-c2ccc(O)cc2)cc1NC(=O)c1cc(F)cc(C(F)(F)F)c1. The lowest BCUT2D eigenvalue weighted by atomic mass is 10.1. The Hall–Kier alpha value is -4.40. The van der Waals surface area contributed by atoms with Crippen molar-refractivity contribution < 1.29 is 27.5 Å². The zero-order chi connectivity index (χ0) is 25.2. The molecule has 0 fully saturated rings. The Balaban J connectivity index is 1.74. The molecule has 0 saturated carbocycles. The number of para-hydroxylation sites is 1. The smallest absolute Gasteiger partial charge is 0.416 e. The van der Waals surface area contributed by atoms with Crippen molar-refractivity contribution in [2.75, 3.05) is 10.6 Å². The van der Waals surface area contributed by atoms with Crippen LogP contribution in [0.15, 0.2) is 79.0 Å². The molecule has 35 heavy (non-hydrogen) atoms. The third-order valence-corrected chi connectivity index (χ3v) is 5.22. The maximum atomic E-state index is 13.9.